The molecular formula is C18H28BrNO. The Morgan fingerprint density at radius 3 is 2.10 bits per heavy atom. The van der Waals surface area contributed by atoms with Gasteiger partial charge < -0.3 is 17.0 Å². The van der Waals surface area contributed by atoms with Gasteiger partial charge in [-0.3, -0.25) is 4.79 Å². The second-order valence-corrected chi connectivity index (χ2v) is 7.50. The average Bonchev–Trinajstić information content (AvgIpc) is 2.28. The molecule has 0 saturated heterocycles. The number of Topliss-reactive ketones (excluding diaryl/α,β-unsaturated/α-hetero) is 1. The molecule has 0 aromatic carbocycles. The van der Waals surface area contributed by atoms with E-state index in [0.717, 1.165) is 11.3 Å². The molecule has 0 radical (unpaired) electrons. The highest BCUT2D eigenvalue weighted by Crippen LogP contribution is 2.31. The van der Waals surface area contributed by atoms with Crippen molar-refractivity contribution in [1.29, 1.82) is 0 Å². The summed E-state index contributed by atoms with van der Waals surface area (Å²) in [4.78, 5) is 12.3. The van der Waals surface area contributed by atoms with Crippen LogP contribution in [0.3, 0.4) is 0 Å². The van der Waals surface area contributed by atoms with Crippen molar-refractivity contribution in [3.8, 4) is 0 Å². The molecule has 1 aromatic heterocycles. The number of halogens is 1. The fraction of sp³-hybridized carbons (Fsp3) is 0.556. The summed E-state index contributed by atoms with van der Waals surface area (Å²) in [5.41, 5.74) is 2.02. The second kappa shape index (κ2) is 7.35. The molecule has 3 heteroatoms. The Morgan fingerprint density at radius 2 is 1.67 bits per heavy atom. The van der Waals surface area contributed by atoms with Gasteiger partial charge in [0.1, 0.15) is 5.78 Å². The predicted octanol–water partition coefficient (Wildman–Crippen LogP) is 1.18. The minimum Gasteiger partial charge on any atom is -1.00 e. The van der Waals surface area contributed by atoms with Crippen LogP contribution in [0.25, 0.3) is 6.20 Å². The van der Waals surface area contributed by atoms with Gasteiger partial charge in [0, 0.05) is 36.5 Å². The molecular weight excluding hydrogens is 326 g/mol. The maximum absolute atomic E-state index is 12.3. The molecule has 0 N–H and O–H groups in total. The summed E-state index contributed by atoms with van der Waals surface area (Å²) in [5, 5.41) is 0. The van der Waals surface area contributed by atoms with Crippen LogP contribution < -0.4 is 21.5 Å². The van der Waals surface area contributed by atoms with E-state index in [0.29, 0.717) is 6.42 Å². The molecule has 0 bridgehead atoms. The fourth-order valence-electron chi connectivity index (χ4n) is 1.80. The molecule has 0 fully saturated rings. The number of carbonyl (C=O) groups is 1. The van der Waals surface area contributed by atoms with Crippen LogP contribution in [0, 0.1) is 17.8 Å². The van der Waals surface area contributed by atoms with E-state index in [2.05, 4.69) is 44.5 Å². The standard InChI is InChI=1S/C18H28NO.BrH/c1-14-10-8-9-11-19(14)13-15(17(2,3)4)12-16(20)18(5,6)7;/h8-11,13H,12H2,1-7H3;1H/q+1;/p-1. The van der Waals surface area contributed by atoms with E-state index in [1.54, 1.807) is 0 Å². The van der Waals surface area contributed by atoms with Gasteiger partial charge in [0.25, 0.3) is 0 Å². The van der Waals surface area contributed by atoms with Gasteiger partial charge in [0.15, 0.2) is 18.1 Å². The highest BCUT2D eigenvalue weighted by molar-refractivity contribution is 5.86. The first-order valence-corrected chi connectivity index (χ1v) is 7.23. The molecule has 118 valence electrons. The maximum atomic E-state index is 12.3. The summed E-state index contributed by atoms with van der Waals surface area (Å²) in [5.74, 6) is 0.285. The lowest BCUT2D eigenvalue weighted by Crippen LogP contribution is -3.00. The third-order valence-electron chi connectivity index (χ3n) is 3.55. The predicted molar refractivity (Wildman–Crippen MR) is 84.2 cm³/mol. The van der Waals surface area contributed by atoms with Crippen molar-refractivity contribution < 1.29 is 26.3 Å². The molecule has 1 heterocycles. The van der Waals surface area contributed by atoms with Crippen LogP contribution >= 0.6 is 0 Å². The highest BCUT2D eigenvalue weighted by Gasteiger charge is 2.28. The van der Waals surface area contributed by atoms with Crippen LogP contribution in [0.15, 0.2) is 30.0 Å². The number of aryl methyl sites for hydroxylation is 1. The van der Waals surface area contributed by atoms with Crippen molar-refractivity contribution in [2.45, 2.75) is 54.9 Å². The molecule has 0 atom stereocenters. The molecule has 0 aliphatic rings. The van der Waals surface area contributed by atoms with Crippen LogP contribution in [0.2, 0.25) is 0 Å². The first-order valence-electron chi connectivity index (χ1n) is 7.23. The van der Waals surface area contributed by atoms with E-state index in [4.69, 9.17) is 0 Å². The van der Waals surface area contributed by atoms with Gasteiger partial charge in [-0.1, -0.05) is 47.6 Å². The Balaban J connectivity index is 0.00000400. The molecule has 1 rings (SSSR count). The topological polar surface area (TPSA) is 20.9 Å². The van der Waals surface area contributed by atoms with Gasteiger partial charge >= 0.3 is 0 Å². The minimum atomic E-state index is -0.291. The van der Waals surface area contributed by atoms with E-state index < -0.39 is 0 Å². The van der Waals surface area contributed by atoms with Crippen molar-refractivity contribution in [2.75, 3.05) is 0 Å². The largest absolute Gasteiger partial charge is 1.00 e. The summed E-state index contributed by atoms with van der Waals surface area (Å²) < 4.78 is 2.09. The SMILES string of the molecule is Cc1cccc[n+]1C=C(CC(=O)C(C)(C)C)C(C)(C)C.[Br-]. The highest BCUT2D eigenvalue weighted by atomic mass is 79.9. The quantitative estimate of drug-likeness (QED) is 0.747. The molecule has 0 spiro atoms. The van der Waals surface area contributed by atoms with Crippen LogP contribution in [0.5, 0.6) is 0 Å². The van der Waals surface area contributed by atoms with Gasteiger partial charge in [0.05, 0.1) is 0 Å². The van der Waals surface area contributed by atoms with Crippen LogP contribution in [0.4, 0.5) is 0 Å². The lowest BCUT2D eigenvalue weighted by Gasteiger charge is -2.24. The van der Waals surface area contributed by atoms with E-state index in [1.165, 1.54) is 0 Å². The number of pyridine rings is 1. The van der Waals surface area contributed by atoms with E-state index in [1.807, 2.05) is 39.1 Å². The van der Waals surface area contributed by atoms with Gasteiger partial charge in [0.2, 0.25) is 0 Å². The molecule has 0 saturated carbocycles. The lowest BCUT2D eigenvalue weighted by molar-refractivity contribution is -0.576. The Bertz CT molecular complexity index is 519. The Kier molecular flexibility index (Phi) is 7.01. The lowest BCUT2D eigenvalue weighted by atomic mass is 9.79. The number of nitrogens with zero attached hydrogens (tertiary/aromatic N) is 1. The zero-order valence-corrected chi connectivity index (χ0v) is 15.9. The van der Waals surface area contributed by atoms with Gasteiger partial charge in [-0.05, 0) is 5.41 Å². The third kappa shape index (κ3) is 6.13. The molecule has 0 aliphatic heterocycles. The summed E-state index contributed by atoms with van der Waals surface area (Å²) in [7, 11) is 0. The monoisotopic (exact) mass is 353 g/mol. The fourth-order valence-corrected chi connectivity index (χ4v) is 1.80. The minimum absolute atomic E-state index is 0. The second-order valence-electron chi connectivity index (χ2n) is 7.50. The molecule has 0 unspecified atom stereocenters. The molecule has 21 heavy (non-hydrogen) atoms. The van der Waals surface area contributed by atoms with Crippen molar-refractivity contribution in [2.24, 2.45) is 10.8 Å². The van der Waals surface area contributed by atoms with Gasteiger partial charge in [-0.2, -0.15) is 4.57 Å². The van der Waals surface area contributed by atoms with Crippen molar-refractivity contribution in [1.82, 2.24) is 0 Å². The summed E-state index contributed by atoms with van der Waals surface area (Å²) in [6, 6.07) is 6.11. The number of allylic oxidation sites excluding steroid dienone is 1. The Labute approximate surface area is 140 Å². The number of ketones is 1. The molecule has 2 nitrogen and oxygen atoms in total. The third-order valence-corrected chi connectivity index (χ3v) is 3.55. The Hall–Kier alpha value is -0.960. The zero-order valence-electron chi connectivity index (χ0n) is 14.3. The summed E-state index contributed by atoms with van der Waals surface area (Å²) >= 11 is 0. The van der Waals surface area contributed by atoms with Crippen molar-refractivity contribution in [3.63, 3.8) is 0 Å². The van der Waals surface area contributed by atoms with Crippen LogP contribution in [-0.2, 0) is 4.79 Å². The van der Waals surface area contributed by atoms with Gasteiger partial charge in [-0.15, -0.1) is 0 Å². The van der Waals surface area contributed by atoms with Crippen molar-refractivity contribution in [3.05, 3.63) is 35.7 Å². The molecule has 1 aromatic rings. The number of carbonyl (C=O) groups excluding carboxylic acids is 1. The molecule has 0 aliphatic carbocycles. The van der Waals surface area contributed by atoms with E-state index in [9.17, 15) is 4.79 Å². The van der Waals surface area contributed by atoms with Crippen LogP contribution in [-0.4, -0.2) is 5.78 Å². The first-order chi connectivity index (χ1) is 9.01. The maximum Gasteiger partial charge on any atom is 0.183 e. The summed E-state index contributed by atoms with van der Waals surface area (Å²) in [6.07, 6.45) is 4.65. The molecule has 0 amide bonds. The number of rotatable bonds is 3. The van der Waals surface area contributed by atoms with Crippen molar-refractivity contribution >= 4 is 12.0 Å². The summed E-state index contributed by atoms with van der Waals surface area (Å²) in [6.45, 7) is 14.5. The normalized spacial score (nSPS) is 12.8. The first kappa shape index (κ1) is 20.0. The van der Waals surface area contributed by atoms with E-state index in [-0.39, 0.29) is 33.6 Å². The Morgan fingerprint density at radius 1 is 1.10 bits per heavy atom. The number of hydrogen-bond acceptors (Lipinski definition) is 1. The van der Waals surface area contributed by atoms with E-state index >= 15 is 0 Å². The zero-order chi connectivity index (χ0) is 15.6. The van der Waals surface area contributed by atoms with Crippen LogP contribution in [0.1, 0.15) is 53.7 Å². The number of hydrogen-bond donors (Lipinski definition) is 0. The van der Waals surface area contributed by atoms with Gasteiger partial charge in [-0.25, -0.2) is 0 Å². The smallest absolute Gasteiger partial charge is 0.183 e. The number of aromatic nitrogens is 1. The average molecular weight is 354 g/mol.